The van der Waals surface area contributed by atoms with Crippen LogP contribution in [0.3, 0.4) is 0 Å². The molecule has 0 aromatic heterocycles. The van der Waals surface area contributed by atoms with Crippen LogP contribution in [0.1, 0.15) is 18.4 Å². The van der Waals surface area contributed by atoms with E-state index in [1.165, 1.54) is 12.1 Å². The first-order valence-electron chi connectivity index (χ1n) is 8.52. The molecule has 148 valence electrons. The van der Waals surface area contributed by atoms with Gasteiger partial charge in [0.1, 0.15) is 22.3 Å². The van der Waals surface area contributed by atoms with Crippen LogP contribution in [0, 0.1) is 17.5 Å². The summed E-state index contributed by atoms with van der Waals surface area (Å²) in [6, 6.07) is 8.89. The lowest BCUT2D eigenvalue weighted by atomic mass is 10.1. The lowest BCUT2D eigenvalue weighted by Crippen LogP contribution is -2.40. The molecule has 8 heteroatoms. The van der Waals surface area contributed by atoms with E-state index in [4.69, 9.17) is 0 Å². The first-order valence-corrected chi connectivity index (χ1v) is 10.1. The maximum absolute atomic E-state index is 13.9. The minimum Gasteiger partial charge on any atom is -0.303 e. The van der Waals surface area contributed by atoms with E-state index < -0.39 is 31.6 Å². The first kappa shape index (κ1) is 21.7. The normalized spacial score (nSPS) is 16.1. The van der Waals surface area contributed by atoms with Gasteiger partial charge in [-0.05, 0) is 62.2 Å². The highest BCUT2D eigenvalue weighted by molar-refractivity contribution is 7.92. The summed E-state index contributed by atoms with van der Waals surface area (Å²) in [5.74, 6) is -2.10. The molecule has 3 rings (SSSR count). The number of benzene rings is 2. The zero-order chi connectivity index (χ0) is 18.7. The van der Waals surface area contributed by atoms with E-state index in [1.54, 1.807) is 12.1 Å². The summed E-state index contributed by atoms with van der Waals surface area (Å²) < 4.78 is 65.0. The molecule has 0 spiro atoms. The molecule has 1 aliphatic heterocycles. The minimum atomic E-state index is -3.81. The second-order valence-electron chi connectivity index (χ2n) is 6.54. The molecule has 0 atom stereocenters. The molecule has 0 aliphatic carbocycles. The highest BCUT2D eigenvalue weighted by Crippen LogP contribution is 2.27. The van der Waals surface area contributed by atoms with Crippen molar-refractivity contribution in [3.8, 4) is 0 Å². The van der Waals surface area contributed by atoms with Crippen molar-refractivity contribution in [3.63, 3.8) is 0 Å². The summed E-state index contributed by atoms with van der Waals surface area (Å²) in [7, 11) is -3.81. The molecule has 0 saturated carbocycles. The van der Waals surface area contributed by atoms with Gasteiger partial charge in [0.25, 0.3) is 0 Å². The van der Waals surface area contributed by atoms with E-state index in [-0.39, 0.29) is 18.2 Å². The molecule has 0 radical (unpaired) electrons. The quantitative estimate of drug-likeness (QED) is 0.687. The summed E-state index contributed by atoms with van der Waals surface area (Å²) in [5, 5.41) is -0.662. The van der Waals surface area contributed by atoms with Gasteiger partial charge in [-0.25, -0.2) is 21.6 Å². The molecule has 2 aromatic rings. The van der Waals surface area contributed by atoms with Crippen LogP contribution in [0.15, 0.2) is 47.4 Å². The Kier molecular flexibility index (Phi) is 7.31. The van der Waals surface area contributed by atoms with E-state index in [1.807, 2.05) is 0 Å². The van der Waals surface area contributed by atoms with Crippen molar-refractivity contribution >= 4 is 22.2 Å². The number of piperidine rings is 1. The Hall–Kier alpha value is -1.57. The molecule has 2 aromatic carbocycles. The molecule has 1 saturated heterocycles. The zero-order valence-corrected chi connectivity index (χ0v) is 16.2. The predicted octanol–water partition coefficient (Wildman–Crippen LogP) is 4.01. The summed E-state index contributed by atoms with van der Waals surface area (Å²) >= 11 is 0. The summed E-state index contributed by atoms with van der Waals surface area (Å²) in [6.07, 6.45) is 1.56. The van der Waals surface area contributed by atoms with Gasteiger partial charge in [0, 0.05) is 12.6 Å². The van der Waals surface area contributed by atoms with Crippen molar-refractivity contribution in [1.82, 2.24) is 4.90 Å². The van der Waals surface area contributed by atoms with Gasteiger partial charge >= 0.3 is 0 Å². The monoisotopic (exact) mass is 419 g/mol. The Balaban J connectivity index is 0.00000261. The number of rotatable bonds is 5. The van der Waals surface area contributed by atoms with Crippen molar-refractivity contribution < 1.29 is 21.6 Å². The Morgan fingerprint density at radius 1 is 0.926 bits per heavy atom. The molecular formula is C19H21ClF3NO2S. The highest BCUT2D eigenvalue weighted by Gasteiger charge is 2.33. The van der Waals surface area contributed by atoms with Gasteiger partial charge in [0.2, 0.25) is 0 Å². The third kappa shape index (κ3) is 5.24. The van der Waals surface area contributed by atoms with Crippen LogP contribution in [0.2, 0.25) is 0 Å². The lowest BCUT2D eigenvalue weighted by molar-refractivity contribution is 0.232. The second-order valence-corrected chi connectivity index (χ2v) is 8.73. The van der Waals surface area contributed by atoms with Gasteiger partial charge in [0.15, 0.2) is 9.84 Å². The van der Waals surface area contributed by atoms with E-state index >= 15 is 0 Å². The van der Waals surface area contributed by atoms with Crippen molar-refractivity contribution in [2.45, 2.75) is 29.4 Å². The molecule has 0 N–H and O–H groups in total. The molecule has 1 fully saturated rings. The van der Waals surface area contributed by atoms with Gasteiger partial charge in [0.05, 0.1) is 5.25 Å². The molecule has 3 nitrogen and oxygen atoms in total. The average Bonchev–Trinajstić information content (AvgIpc) is 2.61. The van der Waals surface area contributed by atoms with Crippen LogP contribution in [0.4, 0.5) is 13.2 Å². The molecule has 1 heterocycles. The van der Waals surface area contributed by atoms with Crippen molar-refractivity contribution in [3.05, 3.63) is 65.5 Å². The van der Waals surface area contributed by atoms with Gasteiger partial charge in [-0.2, -0.15) is 0 Å². The largest absolute Gasteiger partial charge is 0.303 e. The SMILES string of the molecule is Cl.O=S(=O)(c1ccc(F)cc1F)C1CCN(CCc2ccc(F)cc2)CC1. The van der Waals surface area contributed by atoms with E-state index in [9.17, 15) is 21.6 Å². The fraction of sp³-hybridized carbons (Fsp3) is 0.368. The third-order valence-electron chi connectivity index (χ3n) is 4.80. The van der Waals surface area contributed by atoms with Crippen LogP contribution in [-0.2, 0) is 16.3 Å². The number of hydrogen-bond acceptors (Lipinski definition) is 3. The Bertz CT molecular complexity index is 867. The molecule has 0 bridgehead atoms. The molecule has 27 heavy (non-hydrogen) atoms. The van der Waals surface area contributed by atoms with E-state index in [0.717, 1.165) is 30.7 Å². The standard InChI is InChI=1S/C19H20F3NO2S.ClH/c20-15-3-1-14(2-4-15)7-10-23-11-8-17(9-12-23)26(24,25)19-6-5-16(21)13-18(19)22;/h1-6,13,17H,7-12H2;1H. The molecule has 0 unspecified atom stereocenters. The Morgan fingerprint density at radius 3 is 2.11 bits per heavy atom. The minimum absolute atomic E-state index is 0. The van der Waals surface area contributed by atoms with Crippen molar-refractivity contribution in [2.24, 2.45) is 0 Å². The summed E-state index contributed by atoms with van der Waals surface area (Å²) in [6.45, 7) is 1.94. The third-order valence-corrected chi connectivity index (χ3v) is 7.10. The van der Waals surface area contributed by atoms with Crippen LogP contribution in [0.25, 0.3) is 0 Å². The summed E-state index contributed by atoms with van der Waals surface area (Å²) in [5.41, 5.74) is 1.02. The van der Waals surface area contributed by atoms with Crippen LogP contribution in [-0.4, -0.2) is 38.2 Å². The zero-order valence-electron chi connectivity index (χ0n) is 14.6. The van der Waals surface area contributed by atoms with Gasteiger partial charge < -0.3 is 4.90 Å². The van der Waals surface area contributed by atoms with E-state index in [2.05, 4.69) is 4.90 Å². The number of hydrogen-bond donors (Lipinski definition) is 0. The first-order chi connectivity index (χ1) is 12.4. The topological polar surface area (TPSA) is 37.4 Å². The highest BCUT2D eigenvalue weighted by atomic mass is 35.5. The number of sulfone groups is 1. The fourth-order valence-corrected chi connectivity index (χ4v) is 5.05. The van der Waals surface area contributed by atoms with Gasteiger partial charge in [-0.15, -0.1) is 12.4 Å². The second kappa shape index (κ2) is 9.08. The van der Waals surface area contributed by atoms with Gasteiger partial charge in [-0.3, -0.25) is 0 Å². The van der Waals surface area contributed by atoms with E-state index in [0.29, 0.717) is 32.0 Å². The van der Waals surface area contributed by atoms with Crippen molar-refractivity contribution in [2.75, 3.05) is 19.6 Å². The molecule has 0 amide bonds. The predicted molar refractivity (Wildman–Crippen MR) is 100 cm³/mol. The molecular weight excluding hydrogens is 399 g/mol. The summed E-state index contributed by atoms with van der Waals surface area (Å²) in [4.78, 5) is 1.72. The van der Waals surface area contributed by atoms with Crippen molar-refractivity contribution in [1.29, 1.82) is 0 Å². The lowest BCUT2D eigenvalue weighted by Gasteiger charge is -2.31. The fourth-order valence-electron chi connectivity index (χ4n) is 3.27. The molecule has 1 aliphatic rings. The Morgan fingerprint density at radius 2 is 1.52 bits per heavy atom. The number of likely N-dealkylation sites (tertiary alicyclic amines) is 1. The number of nitrogens with zero attached hydrogens (tertiary/aromatic N) is 1. The Labute approximate surface area is 163 Å². The van der Waals surface area contributed by atoms with Crippen LogP contribution >= 0.6 is 12.4 Å². The maximum atomic E-state index is 13.9. The maximum Gasteiger partial charge on any atom is 0.184 e. The smallest absolute Gasteiger partial charge is 0.184 e. The van der Waals surface area contributed by atoms with Gasteiger partial charge in [-0.1, -0.05) is 12.1 Å². The average molecular weight is 420 g/mol. The van der Waals surface area contributed by atoms with Crippen LogP contribution in [0.5, 0.6) is 0 Å². The number of halogens is 4. The van der Waals surface area contributed by atoms with Crippen LogP contribution < -0.4 is 0 Å².